The molecule has 0 radical (unpaired) electrons. The lowest BCUT2D eigenvalue weighted by Crippen LogP contribution is -2.48. The molecule has 0 fully saturated rings. The predicted molar refractivity (Wildman–Crippen MR) is 70.5 cm³/mol. The minimum atomic E-state index is -1.00. The fourth-order valence-electron chi connectivity index (χ4n) is 1.24. The smallest absolute Gasteiger partial charge is 0.326 e. The summed E-state index contributed by atoms with van der Waals surface area (Å²) >= 11 is 1.82. The average Bonchev–Trinajstić information content (AvgIpc) is 2.25. The largest absolute Gasteiger partial charge is 0.480 e. The maximum atomic E-state index is 11.5. The summed E-state index contributed by atoms with van der Waals surface area (Å²) in [6.07, 6.45) is 1.26. The highest BCUT2D eigenvalue weighted by Crippen LogP contribution is 2.03. The molecule has 0 bridgehead atoms. The highest BCUT2D eigenvalue weighted by Gasteiger charge is 2.18. The van der Waals surface area contributed by atoms with E-state index in [1.54, 1.807) is 6.92 Å². The van der Waals surface area contributed by atoms with Crippen LogP contribution in [-0.2, 0) is 4.79 Å². The molecule has 0 heterocycles. The number of carboxylic acids is 1. The topological polar surface area (TPSA) is 78.4 Å². The molecule has 5 nitrogen and oxygen atoms in total. The molecule has 0 aromatic rings. The van der Waals surface area contributed by atoms with E-state index < -0.39 is 18.0 Å². The Balaban J connectivity index is 3.87. The van der Waals surface area contributed by atoms with Crippen molar-refractivity contribution in [2.45, 2.75) is 45.7 Å². The highest BCUT2D eigenvalue weighted by molar-refractivity contribution is 7.99. The maximum absolute atomic E-state index is 11.5. The first kappa shape index (κ1) is 16.1. The lowest BCUT2D eigenvalue weighted by Gasteiger charge is -2.17. The number of urea groups is 1. The minimum Gasteiger partial charge on any atom is -0.480 e. The second kappa shape index (κ2) is 9.15. The van der Waals surface area contributed by atoms with Gasteiger partial charge in [-0.05, 0) is 31.3 Å². The number of thioether (sulfide) groups is 1. The van der Waals surface area contributed by atoms with Gasteiger partial charge in [-0.25, -0.2) is 9.59 Å². The number of nitrogens with one attached hydrogen (secondary N) is 2. The Morgan fingerprint density at radius 1 is 1.29 bits per heavy atom. The molecule has 0 saturated carbocycles. The molecule has 17 heavy (non-hydrogen) atoms. The molecule has 3 N–H and O–H groups in total. The van der Waals surface area contributed by atoms with Crippen molar-refractivity contribution in [3.05, 3.63) is 0 Å². The van der Waals surface area contributed by atoms with Gasteiger partial charge in [-0.1, -0.05) is 13.8 Å². The first-order valence-corrected chi connectivity index (χ1v) is 7.04. The molecule has 0 aliphatic rings. The van der Waals surface area contributed by atoms with Gasteiger partial charge in [0, 0.05) is 6.04 Å². The van der Waals surface area contributed by atoms with Gasteiger partial charge in [0.15, 0.2) is 0 Å². The summed E-state index contributed by atoms with van der Waals surface area (Å²) in [4.78, 5) is 22.2. The molecule has 0 saturated heterocycles. The van der Waals surface area contributed by atoms with Crippen LogP contribution in [0.5, 0.6) is 0 Å². The first-order chi connectivity index (χ1) is 8.01. The van der Waals surface area contributed by atoms with Crippen LogP contribution in [0.4, 0.5) is 4.79 Å². The third kappa shape index (κ3) is 7.90. The van der Waals surface area contributed by atoms with Crippen molar-refractivity contribution in [3.63, 3.8) is 0 Å². The summed E-state index contributed by atoms with van der Waals surface area (Å²) < 4.78 is 0. The van der Waals surface area contributed by atoms with Crippen molar-refractivity contribution in [1.29, 1.82) is 0 Å². The maximum Gasteiger partial charge on any atom is 0.326 e. The zero-order valence-electron chi connectivity index (χ0n) is 10.7. The van der Waals surface area contributed by atoms with Crippen LogP contribution >= 0.6 is 11.8 Å². The van der Waals surface area contributed by atoms with Crippen molar-refractivity contribution >= 4 is 23.8 Å². The van der Waals surface area contributed by atoms with E-state index in [1.165, 1.54) is 0 Å². The standard InChI is InChI=1S/C11H22N2O3S/c1-4-9(10(14)15)13-11(16)12-8(3)6-7-17-5-2/h8-9H,4-7H2,1-3H3,(H,14,15)(H2,12,13,16). The van der Waals surface area contributed by atoms with Crippen LogP contribution in [0, 0.1) is 0 Å². The van der Waals surface area contributed by atoms with E-state index in [9.17, 15) is 9.59 Å². The molecule has 6 heteroatoms. The quantitative estimate of drug-likeness (QED) is 0.582. The van der Waals surface area contributed by atoms with E-state index in [2.05, 4.69) is 17.6 Å². The van der Waals surface area contributed by atoms with Gasteiger partial charge in [-0.15, -0.1) is 0 Å². The molecule has 0 aromatic carbocycles. The molecular formula is C11H22N2O3S. The van der Waals surface area contributed by atoms with E-state index in [0.29, 0.717) is 6.42 Å². The van der Waals surface area contributed by atoms with Crippen LogP contribution in [0.15, 0.2) is 0 Å². The number of hydrogen-bond donors (Lipinski definition) is 3. The Labute approximate surface area is 107 Å². The summed E-state index contributed by atoms with van der Waals surface area (Å²) in [5.41, 5.74) is 0. The number of carbonyl (C=O) groups excluding carboxylic acids is 1. The number of carboxylic acid groups (broad SMARTS) is 1. The second-order valence-corrected chi connectivity index (χ2v) is 5.20. The van der Waals surface area contributed by atoms with Crippen LogP contribution in [0.25, 0.3) is 0 Å². The molecule has 0 aliphatic carbocycles. The van der Waals surface area contributed by atoms with E-state index in [0.717, 1.165) is 17.9 Å². The number of aliphatic carboxylic acids is 1. The average molecular weight is 262 g/mol. The zero-order chi connectivity index (χ0) is 13.3. The Morgan fingerprint density at radius 2 is 1.94 bits per heavy atom. The number of carbonyl (C=O) groups is 2. The molecular weight excluding hydrogens is 240 g/mol. The van der Waals surface area contributed by atoms with Crippen molar-refractivity contribution in [2.75, 3.05) is 11.5 Å². The van der Waals surface area contributed by atoms with Crippen LogP contribution < -0.4 is 10.6 Å². The fraction of sp³-hybridized carbons (Fsp3) is 0.818. The van der Waals surface area contributed by atoms with E-state index in [-0.39, 0.29) is 6.04 Å². The van der Waals surface area contributed by atoms with E-state index in [1.807, 2.05) is 18.7 Å². The van der Waals surface area contributed by atoms with Gasteiger partial charge in [0.25, 0.3) is 0 Å². The summed E-state index contributed by atoms with van der Waals surface area (Å²) in [5.74, 6) is 1.06. The van der Waals surface area contributed by atoms with E-state index in [4.69, 9.17) is 5.11 Å². The van der Waals surface area contributed by atoms with Gasteiger partial charge in [-0.2, -0.15) is 11.8 Å². The van der Waals surface area contributed by atoms with Crippen molar-refractivity contribution in [3.8, 4) is 0 Å². The van der Waals surface area contributed by atoms with Crippen molar-refractivity contribution in [2.24, 2.45) is 0 Å². The van der Waals surface area contributed by atoms with Crippen molar-refractivity contribution in [1.82, 2.24) is 10.6 Å². The normalized spacial score (nSPS) is 13.8. The summed E-state index contributed by atoms with van der Waals surface area (Å²) in [6, 6.07) is -1.17. The minimum absolute atomic E-state index is 0.0559. The van der Waals surface area contributed by atoms with Gasteiger partial charge in [0.05, 0.1) is 0 Å². The Hall–Kier alpha value is -0.910. The summed E-state index contributed by atoms with van der Waals surface area (Å²) in [7, 11) is 0. The molecule has 2 amide bonds. The number of rotatable bonds is 8. The second-order valence-electron chi connectivity index (χ2n) is 3.80. The molecule has 2 unspecified atom stereocenters. The number of hydrogen-bond acceptors (Lipinski definition) is 3. The third-order valence-electron chi connectivity index (χ3n) is 2.29. The summed E-state index contributed by atoms with van der Waals surface area (Å²) in [5, 5.41) is 13.9. The molecule has 0 aromatic heterocycles. The lowest BCUT2D eigenvalue weighted by molar-refractivity contribution is -0.139. The Bertz CT molecular complexity index is 249. The zero-order valence-corrected chi connectivity index (χ0v) is 11.5. The molecule has 0 rings (SSSR count). The monoisotopic (exact) mass is 262 g/mol. The predicted octanol–water partition coefficient (Wildman–Crippen LogP) is 1.68. The molecule has 0 spiro atoms. The first-order valence-electron chi connectivity index (χ1n) is 5.88. The Kier molecular flexibility index (Phi) is 8.66. The van der Waals surface area contributed by atoms with Crippen molar-refractivity contribution < 1.29 is 14.7 Å². The van der Waals surface area contributed by atoms with Crippen LogP contribution in [0.3, 0.4) is 0 Å². The molecule has 0 aliphatic heterocycles. The summed E-state index contributed by atoms with van der Waals surface area (Å²) in [6.45, 7) is 5.73. The SMILES string of the molecule is CCSCCC(C)NC(=O)NC(CC)C(=O)O. The fourth-order valence-corrected chi connectivity index (χ4v) is 2.05. The van der Waals surface area contributed by atoms with Crippen LogP contribution in [0.1, 0.15) is 33.6 Å². The Morgan fingerprint density at radius 3 is 2.41 bits per heavy atom. The molecule has 2 atom stereocenters. The lowest BCUT2D eigenvalue weighted by atomic mass is 10.2. The van der Waals surface area contributed by atoms with Gasteiger partial charge < -0.3 is 15.7 Å². The third-order valence-corrected chi connectivity index (χ3v) is 3.22. The van der Waals surface area contributed by atoms with Crippen LogP contribution in [-0.4, -0.2) is 40.7 Å². The van der Waals surface area contributed by atoms with Gasteiger partial charge in [0.1, 0.15) is 6.04 Å². The van der Waals surface area contributed by atoms with Gasteiger partial charge in [-0.3, -0.25) is 0 Å². The number of amides is 2. The highest BCUT2D eigenvalue weighted by atomic mass is 32.2. The van der Waals surface area contributed by atoms with Gasteiger partial charge in [0.2, 0.25) is 0 Å². The van der Waals surface area contributed by atoms with Crippen LogP contribution in [0.2, 0.25) is 0 Å². The van der Waals surface area contributed by atoms with E-state index >= 15 is 0 Å². The van der Waals surface area contributed by atoms with Gasteiger partial charge >= 0.3 is 12.0 Å². The molecule has 100 valence electrons.